The number of nitrogens with zero attached hydrogens (tertiary/aromatic N) is 1. The Morgan fingerprint density at radius 2 is 1.76 bits per heavy atom. The van der Waals surface area contributed by atoms with Crippen molar-refractivity contribution in [2.75, 3.05) is 14.2 Å². The summed E-state index contributed by atoms with van der Waals surface area (Å²) in [6, 6.07) is 10.6. The van der Waals surface area contributed by atoms with Gasteiger partial charge >= 0.3 is 0 Å². The van der Waals surface area contributed by atoms with Crippen molar-refractivity contribution in [3.05, 3.63) is 75.0 Å². The zero-order valence-electron chi connectivity index (χ0n) is 16.0. The van der Waals surface area contributed by atoms with Gasteiger partial charge in [-0.25, -0.2) is 0 Å². The van der Waals surface area contributed by atoms with Gasteiger partial charge in [0.05, 0.1) is 36.8 Å². The smallest absolute Gasteiger partial charge is 0.279 e. The predicted octanol–water partition coefficient (Wildman–Crippen LogP) is 3.29. The van der Waals surface area contributed by atoms with Crippen LogP contribution in [0.2, 0.25) is 0 Å². The van der Waals surface area contributed by atoms with E-state index in [0.29, 0.717) is 22.6 Å². The summed E-state index contributed by atoms with van der Waals surface area (Å²) in [5.74, 6) is 0.263. The fraction of sp³-hybridized carbons (Fsp3) is 0.200. The second-order valence-electron chi connectivity index (χ2n) is 6.29. The van der Waals surface area contributed by atoms with E-state index in [4.69, 9.17) is 21.7 Å². The first-order valence-electron chi connectivity index (χ1n) is 8.65. The highest BCUT2D eigenvalue weighted by Gasteiger charge is 2.35. The lowest BCUT2D eigenvalue weighted by atomic mass is 9.88. The number of nitro groups is 1. The van der Waals surface area contributed by atoms with E-state index in [1.807, 2.05) is 0 Å². The Kier molecular flexibility index (Phi) is 5.79. The third-order valence-corrected chi connectivity index (χ3v) is 4.81. The monoisotopic (exact) mass is 413 g/mol. The van der Waals surface area contributed by atoms with Gasteiger partial charge in [-0.3, -0.25) is 14.9 Å². The van der Waals surface area contributed by atoms with Crippen LogP contribution in [0.5, 0.6) is 11.5 Å². The molecule has 1 aliphatic rings. The summed E-state index contributed by atoms with van der Waals surface area (Å²) in [5, 5.41) is 18.0. The number of carbonyl (C=O) groups excluding carboxylic acids is 1. The molecule has 0 aromatic heterocycles. The standard InChI is InChI=1S/C20H19N3O5S/c1-11-17(19(24)12-7-5-4-6-8-12)18(22-20(29)21-11)13-9-15(27-2)16(28-3)10-14(13)23(25)26/h4-10,18H,1-3H3,(H2,21,22,29). The number of thiocarbonyl (C=S) groups is 1. The summed E-state index contributed by atoms with van der Waals surface area (Å²) < 4.78 is 10.5. The molecule has 0 spiro atoms. The molecule has 1 aliphatic heterocycles. The van der Waals surface area contributed by atoms with Crippen LogP contribution in [0.1, 0.15) is 28.9 Å². The summed E-state index contributed by atoms with van der Waals surface area (Å²) in [6.07, 6.45) is 0. The van der Waals surface area contributed by atoms with Crippen LogP contribution in [0.25, 0.3) is 0 Å². The van der Waals surface area contributed by atoms with Crippen molar-refractivity contribution in [1.82, 2.24) is 10.6 Å². The number of carbonyl (C=O) groups is 1. The highest BCUT2D eigenvalue weighted by molar-refractivity contribution is 7.80. The van der Waals surface area contributed by atoms with Crippen molar-refractivity contribution in [3.8, 4) is 11.5 Å². The van der Waals surface area contributed by atoms with Crippen molar-refractivity contribution in [2.24, 2.45) is 0 Å². The van der Waals surface area contributed by atoms with Gasteiger partial charge in [0, 0.05) is 16.8 Å². The van der Waals surface area contributed by atoms with Crippen LogP contribution in [0.3, 0.4) is 0 Å². The molecule has 9 heteroatoms. The molecule has 0 saturated carbocycles. The first kappa shape index (κ1) is 20.3. The molecule has 0 radical (unpaired) electrons. The zero-order chi connectivity index (χ0) is 21.1. The number of ether oxygens (including phenoxy) is 2. The molecule has 1 heterocycles. The van der Waals surface area contributed by atoms with Crippen LogP contribution < -0.4 is 20.1 Å². The Hall–Kier alpha value is -3.46. The summed E-state index contributed by atoms with van der Waals surface area (Å²) >= 11 is 5.24. The fourth-order valence-electron chi connectivity index (χ4n) is 3.25. The maximum Gasteiger partial charge on any atom is 0.279 e. The number of ketones is 1. The highest BCUT2D eigenvalue weighted by atomic mass is 32.1. The molecular formula is C20H19N3O5S. The van der Waals surface area contributed by atoms with E-state index in [1.165, 1.54) is 26.4 Å². The van der Waals surface area contributed by atoms with E-state index in [1.54, 1.807) is 37.3 Å². The number of rotatable bonds is 6. The summed E-state index contributed by atoms with van der Waals surface area (Å²) in [7, 11) is 2.83. The van der Waals surface area contributed by atoms with Crippen molar-refractivity contribution >= 4 is 28.8 Å². The Balaban J connectivity index is 2.21. The van der Waals surface area contributed by atoms with Gasteiger partial charge in [0.15, 0.2) is 22.4 Å². The number of benzene rings is 2. The quantitative estimate of drug-likeness (QED) is 0.322. The molecule has 8 nitrogen and oxygen atoms in total. The normalized spacial score (nSPS) is 16.0. The Bertz CT molecular complexity index is 1020. The second-order valence-corrected chi connectivity index (χ2v) is 6.70. The van der Waals surface area contributed by atoms with Crippen molar-refractivity contribution in [3.63, 3.8) is 0 Å². The first-order valence-corrected chi connectivity index (χ1v) is 9.06. The van der Waals surface area contributed by atoms with E-state index in [-0.39, 0.29) is 27.9 Å². The first-order chi connectivity index (χ1) is 13.9. The number of nitro benzene ring substituents is 1. The molecular weight excluding hydrogens is 394 g/mol. The van der Waals surface area contributed by atoms with Gasteiger partial charge in [-0.1, -0.05) is 30.3 Å². The van der Waals surface area contributed by atoms with Gasteiger partial charge in [0.1, 0.15) is 0 Å². The van der Waals surface area contributed by atoms with Crippen molar-refractivity contribution in [2.45, 2.75) is 13.0 Å². The molecule has 1 unspecified atom stereocenters. The molecule has 0 aliphatic carbocycles. The average molecular weight is 413 g/mol. The Morgan fingerprint density at radius 1 is 1.14 bits per heavy atom. The van der Waals surface area contributed by atoms with E-state index >= 15 is 0 Å². The number of hydrogen-bond acceptors (Lipinski definition) is 6. The second kappa shape index (κ2) is 8.27. The Labute approximate surface area is 172 Å². The lowest BCUT2D eigenvalue weighted by molar-refractivity contribution is -0.385. The highest BCUT2D eigenvalue weighted by Crippen LogP contribution is 2.41. The molecule has 150 valence electrons. The molecule has 0 saturated heterocycles. The van der Waals surface area contributed by atoms with Crippen molar-refractivity contribution < 1.29 is 19.2 Å². The van der Waals surface area contributed by atoms with Crippen molar-refractivity contribution in [1.29, 1.82) is 0 Å². The number of methoxy groups -OCH3 is 2. The molecule has 2 N–H and O–H groups in total. The van der Waals surface area contributed by atoms with Crippen LogP contribution >= 0.6 is 12.2 Å². The van der Waals surface area contributed by atoms with Gasteiger partial charge in [-0.15, -0.1) is 0 Å². The summed E-state index contributed by atoms with van der Waals surface area (Å²) in [5.41, 5.74) is 1.36. The van der Waals surface area contributed by atoms with Crippen LogP contribution in [-0.4, -0.2) is 30.0 Å². The number of Topliss-reactive ketones (excluding diaryl/α,β-unsaturated/α-hetero) is 1. The van der Waals surface area contributed by atoms with E-state index in [2.05, 4.69) is 10.6 Å². The Morgan fingerprint density at radius 3 is 2.34 bits per heavy atom. The van der Waals surface area contributed by atoms with Crippen LogP contribution in [-0.2, 0) is 0 Å². The number of nitrogens with one attached hydrogen (secondary N) is 2. The third kappa shape index (κ3) is 3.90. The minimum absolute atomic E-state index is 0.212. The molecule has 2 aromatic carbocycles. The number of hydrogen-bond donors (Lipinski definition) is 2. The number of allylic oxidation sites excluding steroid dienone is 1. The van der Waals surface area contributed by atoms with Crippen LogP contribution in [0, 0.1) is 10.1 Å². The van der Waals surface area contributed by atoms with Gasteiger partial charge < -0.3 is 20.1 Å². The molecule has 0 bridgehead atoms. The molecule has 3 rings (SSSR count). The molecule has 0 amide bonds. The minimum atomic E-state index is -0.836. The van der Waals surface area contributed by atoms with Crippen LogP contribution in [0.15, 0.2) is 53.7 Å². The molecule has 1 atom stereocenters. The fourth-order valence-corrected chi connectivity index (χ4v) is 3.52. The van der Waals surface area contributed by atoms with E-state index in [9.17, 15) is 14.9 Å². The maximum atomic E-state index is 13.3. The van der Waals surface area contributed by atoms with E-state index < -0.39 is 11.0 Å². The van der Waals surface area contributed by atoms with Gasteiger partial charge in [-0.05, 0) is 25.2 Å². The largest absolute Gasteiger partial charge is 0.493 e. The summed E-state index contributed by atoms with van der Waals surface area (Å²) in [4.78, 5) is 24.5. The van der Waals surface area contributed by atoms with Gasteiger partial charge in [0.2, 0.25) is 0 Å². The lowest BCUT2D eigenvalue weighted by Gasteiger charge is -2.30. The SMILES string of the molecule is COc1cc(C2NC(=S)NC(C)=C2C(=O)c2ccccc2)c([N+](=O)[O-])cc1OC. The predicted molar refractivity (Wildman–Crippen MR) is 111 cm³/mol. The summed E-state index contributed by atoms with van der Waals surface area (Å²) in [6.45, 7) is 1.71. The zero-order valence-corrected chi connectivity index (χ0v) is 16.8. The third-order valence-electron chi connectivity index (χ3n) is 4.59. The van der Waals surface area contributed by atoms with E-state index in [0.717, 1.165) is 0 Å². The van der Waals surface area contributed by atoms with Crippen LogP contribution in [0.4, 0.5) is 5.69 Å². The molecule has 0 fully saturated rings. The topological polar surface area (TPSA) is 103 Å². The lowest BCUT2D eigenvalue weighted by Crippen LogP contribution is -2.45. The maximum absolute atomic E-state index is 13.3. The van der Waals surface area contributed by atoms with Gasteiger partial charge in [-0.2, -0.15) is 0 Å². The average Bonchev–Trinajstić information content (AvgIpc) is 2.72. The minimum Gasteiger partial charge on any atom is -0.493 e. The molecule has 29 heavy (non-hydrogen) atoms. The molecule has 2 aromatic rings. The van der Waals surface area contributed by atoms with Gasteiger partial charge in [0.25, 0.3) is 5.69 Å².